The fourth-order valence-electron chi connectivity index (χ4n) is 1.74. The minimum atomic E-state index is -0.00919. The van der Waals surface area contributed by atoms with Crippen LogP contribution in [0.1, 0.15) is 6.92 Å². The van der Waals surface area contributed by atoms with Gasteiger partial charge >= 0.3 is 0 Å². The Morgan fingerprint density at radius 3 is 2.89 bits per heavy atom. The number of hydrogen-bond acceptors (Lipinski definition) is 4. The van der Waals surface area contributed by atoms with E-state index in [-0.39, 0.29) is 11.8 Å². The van der Waals surface area contributed by atoms with Gasteiger partial charge < -0.3 is 10.6 Å². The van der Waals surface area contributed by atoms with Gasteiger partial charge in [0.25, 0.3) is 0 Å². The summed E-state index contributed by atoms with van der Waals surface area (Å²) in [6.45, 7) is 2.55. The van der Waals surface area contributed by atoms with Gasteiger partial charge in [-0.2, -0.15) is 0 Å². The van der Waals surface area contributed by atoms with Crippen molar-refractivity contribution in [2.24, 2.45) is 11.7 Å². The first-order chi connectivity index (χ1) is 8.58. The second-order valence-corrected chi connectivity index (χ2v) is 4.47. The van der Waals surface area contributed by atoms with E-state index in [0.717, 1.165) is 10.9 Å². The molecule has 0 saturated heterocycles. The Kier molecular flexibility index (Phi) is 3.41. The summed E-state index contributed by atoms with van der Waals surface area (Å²) in [5, 5.41) is 8.42. The summed E-state index contributed by atoms with van der Waals surface area (Å²) in [6.07, 6.45) is 1.81. The summed E-state index contributed by atoms with van der Waals surface area (Å²) < 4.78 is 0. The van der Waals surface area contributed by atoms with Crippen LogP contribution in [-0.2, 0) is 0 Å². The summed E-state index contributed by atoms with van der Waals surface area (Å²) >= 11 is 0. The average Bonchev–Trinajstić information content (AvgIpc) is 2.37. The number of nitrogens with two attached hydrogens (primary N) is 1. The van der Waals surface area contributed by atoms with E-state index in [1.54, 1.807) is 0 Å². The van der Waals surface area contributed by atoms with Crippen molar-refractivity contribution < 1.29 is 0 Å². The number of amidine groups is 1. The number of para-hydroxylation sites is 1. The number of anilines is 1. The molecule has 0 bridgehead atoms. The third kappa shape index (κ3) is 2.56. The average molecular weight is 243 g/mol. The highest BCUT2D eigenvalue weighted by atomic mass is 15.2. The molecule has 1 heterocycles. The summed E-state index contributed by atoms with van der Waals surface area (Å²) in [5.41, 5.74) is 6.39. The zero-order valence-corrected chi connectivity index (χ0v) is 10.6. The van der Waals surface area contributed by atoms with E-state index in [1.807, 2.05) is 49.3 Å². The number of aromatic nitrogens is 2. The maximum Gasteiger partial charge on any atom is 0.225 e. The standard InChI is InChI=1S/C13H17N5/c1-9(12(14)15)8-18(2)13-16-7-10-5-3-4-6-11(10)17-13/h3-7,9H,8H2,1-2H3,(H3,14,15). The van der Waals surface area contributed by atoms with Gasteiger partial charge in [-0.1, -0.05) is 25.1 Å². The Balaban J connectivity index is 2.22. The molecular weight excluding hydrogens is 226 g/mol. The molecule has 0 aliphatic rings. The summed E-state index contributed by atoms with van der Waals surface area (Å²) in [5.74, 6) is 0.828. The van der Waals surface area contributed by atoms with E-state index in [1.165, 1.54) is 0 Å². The van der Waals surface area contributed by atoms with Crippen LogP contribution in [0.3, 0.4) is 0 Å². The minimum absolute atomic E-state index is 0.00919. The second kappa shape index (κ2) is 5.00. The lowest BCUT2D eigenvalue weighted by Gasteiger charge is -2.20. The predicted octanol–water partition coefficient (Wildman–Crippen LogP) is 1.64. The second-order valence-electron chi connectivity index (χ2n) is 4.47. The molecule has 0 spiro atoms. The van der Waals surface area contributed by atoms with Crippen LogP contribution < -0.4 is 10.6 Å². The lowest BCUT2D eigenvalue weighted by molar-refractivity contribution is 0.716. The maximum absolute atomic E-state index is 7.40. The van der Waals surface area contributed by atoms with Gasteiger partial charge in [-0.05, 0) is 6.07 Å². The number of hydrogen-bond donors (Lipinski definition) is 2. The summed E-state index contributed by atoms with van der Waals surface area (Å²) in [6, 6.07) is 7.87. The molecule has 0 fully saturated rings. The Hall–Kier alpha value is -2.17. The van der Waals surface area contributed by atoms with Crippen molar-refractivity contribution in [2.75, 3.05) is 18.5 Å². The van der Waals surface area contributed by atoms with Crippen LogP contribution in [-0.4, -0.2) is 29.4 Å². The molecule has 1 unspecified atom stereocenters. The van der Waals surface area contributed by atoms with Crippen LogP contribution in [0.4, 0.5) is 5.95 Å². The van der Waals surface area contributed by atoms with E-state index >= 15 is 0 Å². The van der Waals surface area contributed by atoms with Crippen LogP contribution >= 0.6 is 0 Å². The molecule has 0 amide bonds. The largest absolute Gasteiger partial charge is 0.387 e. The monoisotopic (exact) mass is 243 g/mol. The molecule has 2 rings (SSSR count). The number of fused-ring (bicyclic) bond motifs is 1. The highest BCUT2D eigenvalue weighted by Gasteiger charge is 2.11. The molecule has 3 N–H and O–H groups in total. The molecule has 94 valence electrons. The molecule has 0 radical (unpaired) electrons. The Morgan fingerprint density at radius 1 is 1.44 bits per heavy atom. The zero-order chi connectivity index (χ0) is 13.1. The number of rotatable bonds is 4. The predicted molar refractivity (Wildman–Crippen MR) is 73.9 cm³/mol. The third-order valence-corrected chi connectivity index (χ3v) is 2.90. The van der Waals surface area contributed by atoms with Crippen molar-refractivity contribution in [1.29, 1.82) is 5.41 Å². The van der Waals surface area contributed by atoms with Crippen molar-refractivity contribution in [3.05, 3.63) is 30.5 Å². The molecule has 18 heavy (non-hydrogen) atoms. The van der Waals surface area contributed by atoms with Gasteiger partial charge in [-0.15, -0.1) is 0 Å². The van der Waals surface area contributed by atoms with E-state index in [2.05, 4.69) is 9.97 Å². The first-order valence-electron chi connectivity index (χ1n) is 5.85. The topological polar surface area (TPSA) is 78.9 Å². The molecule has 2 aromatic rings. The van der Waals surface area contributed by atoms with Crippen LogP contribution in [0.5, 0.6) is 0 Å². The van der Waals surface area contributed by atoms with Gasteiger partial charge in [-0.25, -0.2) is 9.97 Å². The Morgan fingerprint density at radius 2 is 2.17 bits per heavy atom. The molecule has 1 aromatic carbocycles. The molecule has 0 aliphatic carbocycles. The quantitative estimate of drug-likeness (QED) is 0.632. The first kappa shape index (κ1) is 12.3. The van der Waals surface area contributed by atoms with Gasteiger partial charge in [0.2, 0.25) is 5.95 Å². The van der Waals surface area contributed by atoms with Crippen LogP contribution in [0.25, 0.3) is 10.9 Å². The van der Waals surface area contributed by atoms with Gasteiger partial charge in [0, 0.05) is 31.1 Å². The van der Waals surface area contributed by atoms with Crippen LogP contribution in [0.2, 0.25) is 0 Å². The molecule has 1 atom stereocenters. The van der Waals surface area contributed by atoms with Crippen molar-refractivity contribution in [3.63, 3.8) is 0 Å². The summed E-state index contributed by atoms with van der Waals surface area (Å²) in [7, 11) is 1.91. The van der Waals surface area contributed by atoms with Crippen molar-refractivity contribution in [3.8, 4) is 0 Å². The number of nitrogens with zero attached hydrogens (tertiary/aromatic N) is 3. The molecular formula is C13H17N5. The van der Waals surface area contributed by atoms with E-state index in [9.17, 15) is 0 Å². The summed E-state index contributed by atoms with van der Waals surface area (Å²) in [4.78, 5) is 10.7. The number of nitrogens with one attached hydrogen (secondary N) is 1. The molecule has 0 saturated carbocycles. The van der Waals surface area contributed by atoms with Gasteiger partial charge in [-0.3, -0.25) is 5.41 Å². The minimum Gasteiger partial charge on any atom is -0.387 e. The van der Waals surface area contributed by atoms with E-state index < -0.39 is 0 Å². The fourth-order valence-corrected chi connectivity index (χ4v) is 1.74. The molecule has 5 heteroatoms. The lowest BCUT2D eigenvalue weighted by atomic mass is 10.1. The normalized spacial score (nSPS) is 12.3. The van der Waals surface area contributed by atoms with Crippen molar-refractivity contribution >= 4 is 22.7 Å². The van der Waals surface area contributed by atoms with Crippen LogP contribution in [0, 0.1) is 11.3 Å². The lowest BCUT2D eigenvalue weighted by Crippen LogP contribution is -2.32. The number of benzene rings is 1. The third-order valence-electron chi connectivity index (χ3n) is 2.90. The highest BCUT2D eigenvalue weighted by molar-refractivity contribution is 5.80. The smallest absolute Gasteiger partial charge is 0.225 e. The van der Waals surface area contributed by atoms with E-state index in [0.29, 0.717) is 12.5 Å². The Labute approximate surface area is 106 Å². The maximum atomic E-state index is 7.40. The van der Waals surface area contributed by atoms with Gasteiger partial charge in [0.05, 0.1) is 11.4 Å². The SMILES string of the molecule is CC(CN(C)c1ncc2ccccc2n1)C(=N)N. The van der Waals surface area contributed by atoms with Crippen molar-refractivity contribution in [2.45, 2.75) is 6.92 Å². The molecule has 1 aromatic heterocycles. The van der Waals surface area contributed by atoms with Crippen molar-refractivity contribution in [1.82, 2.24) is 9.97 Å². The first-order valence-corrected chi connectivity index (χ1v) is 5.85. The van der Waals surface area contributed by atoms with Crippen LogP contribution in [0.15, 0.2) is 30.5 Å². The fraction of sp³-hybridized carbons (Fsp3) is 0.308. The molecule has 5 nitrogen and oxygen atoms in total. The van der Waals surface area contributed by atoms with Gasteiger partial charge in [0.1, 0.15) is 0 Å². The highest BCUT2D eigenvalue weighted by Crippen LogP contribution is 2.14. The van der Waals surface area contributed by atoms with Gasteiger partial charge in [0.15, 0.2) is 0 Å². The Bertz CT molecular complexity index is 566. The van der Waals surface area contributed by atoms with E-state index in [4.69, 9.17) is 11.1 Å². The zero-order valence-electron chi connectivity index (χ0n) is 10.6. The molecule has 0 aliphatic heterocycles.